The molecule has 3 nitrogen and oxygen atoms in total. The van der Waals surface area contributed by atoms with Crippen molar-refractivity contribution in [1.82, 2.24) is 5.32 Å². The third kappa shape index (κ3) is 2.76. The number of fused-ring (bicyclic) bond motifs is 2. The minimum atomic E-state index is 0.347. The van der Waals surface area contributed by atoms with Crippen LogP contribution in [-0.4, -0.2) is 21.3 Å². The second-order valence-corrected chi connectivity index (χ2v) is 6.59. The SMILES string of the molecule is CNC(CC1CC2CCC1C2)c1cccc(OC)c1OC. The predicted octanol–water partition coefficient (Wildman–Crippen LogP) is 3.79. The quantitative estimate of drug-likeness (QED) is 0.864. The lowest BCUT2D eigenvalue weighted by Gasteiger charge is -2.28. The van der Waals surface area contributed by atoms with Gasteiger partial charge >= 0.3 is 0 Å². The van der Waals surface area contributed by atoms with Crippen LogP contribution in [0.25, 0.3) is 0 Å². The number of nitrogens with one attached hydrogen (secondary N) is 1. The molecule has 0 heterocycles. The van der Waals surface area contributed by atoms with E-state index in [0.29, 0.717) is 6.04 Å². The molecule has 0 amide bonds. The van der Waals surface area contributed by atoms with Crippen LogP contribution in [0.4, 0.5) is 0 Å². The van der Waals surface area contributed by atoms with Crippen molar-refractivity contribution in [2.24, 2.45) is 17.8 Å². The van der Waals surface area contributed by atoms with Gasteiger partial charge in [0, 0.05) is 11.6 Å². The maximum Gasteiger partial charge on any atom is 0.165 e. The van der Waals surface area contributed by atoms with Crippen LogP contribution in [-0.2, 0) is 0 Å². The van der Waals surface area contributed by atoms with Crippen molar-refractivity contribution in [2.45, 2.75) is 38.1 Å². The lowest BCUT2D eigenvalue weighted by molar-refractivity contribution is 0.279. The highest BCUT2D eigenvalue weighted by Crippen LogP contribution is 2.51. The Hall–Kier alpha value is -1.22. The lowest BCUT2D eigenvalue weighted by Crippen LogP contribution is -2.23. The summed E-state index contributed by atoms with van der Waals surface area (Å²) in [5, 5.41) is 3.50. The van der Waals surface area contributed by atoms with Gasteiger partial charge in [-0.3, -0.25) is 0 Å². The van der Waals surface area contributed by atoms with Gasteiger partial charge in [-0.15, -0.1) is 0 Å². The molecule has 2 saturated carbocycles. The summed E-state index contributed by atoms with van der Waals surface area (Å²) in [4.78, 5) is 0. The standard InChI is InChI=1S/C18H27NO2/c1-19-16(11-14-10-12-7-8-13(14)9-12)15-5-4-6-17(20-2)18(15)21-3/h4-6,12-14,16,19H,7-11H2,1-3H3. The average Bonchev–Trinajstić information content (AvgIpc) is 3.14. The summed E-state index contributed by atoms with van der Waals surface area (Å²) in [6.45, 7) is 0. The molecule has 0 aromatic heterocycles. The predicted molar refractivity (Wildman–Crippen MR) is 84.9 cm³/mol. The second-order valence-electron chi connectivity index (χ2n) is 6.59. The van der Waals surface area contributed by atoms with Crippen LogP contribution in [0, 0.1) is 17.8 Å². The molecule has 2 bridgehead atoms. The first kappa shape index (κ1) is 14.7. The Morgan fingerprint density at radius 1 is 1.19 bits per heavy atom. The number of hydrogen-bond acceptors (Lipinski definition) is 3. The van der Waals surface area contributed by atoms with Gasteiger partial charge in [0.25, 0.3) is 0 Å². The lowest BCUT2D eigenvalue weighted by atomic mass is 9.82. The van der Waals surface area contributed by atoms with Gasteiger partial charge in [0.05, 0.1) is 14.2 Å². The van der Waals surface area contributed by atoms with Gasteiger partial charge in [-0.05, 0) is 56.6 Å². The zero-order valence-electron chi connectivity index (χ0n) is 13.4. The van der Waals surface area contributed by atoms with Gasteiger partial charge < -0.3 is 14.8 Å². The highest BCUT2D eigenvalue weighted by atomic mass is 16.5. The third-order valence-corrected chi connectivity index (χ3v) is 5.58. The molecule has 0 spiro atoms. The number of hydrogen-bond donors (Lipinski definition) is 1. The molecule has 1 aromatic carbocycles. The highest BCUT2D eigenvalue weighted by molar-refractivity contribution is 5.48. The Morgan fingerprint density at radius 2 is 2.05 bits per heavy atom. The van der Waals surface area contributed by atoms with E-state index in [1.54, 1.807) is 14.2 Å². The van der Waals surface area contributed by atoms with Crippen molar-refractivity contribution in [3.63, 3.8) is 0 Å². The smallest absolute Gasteiger partial charge is 0.165 e. The van der Waals surface area contributed by atoms with E-state index in [4.69, 9.17) is 9.47 Å². The summed E-state index contributed by atoms with van der Waals surface area (Å²) in [6.07, 6.45) is 7.02. The van der Waals surface area contributed by atoms with E-state index in [9.17, 15) is 0 Å². The molecule has 2 fully saturated rings. The monoisotopic (exact) mass is 289 g/mol. The van der Waals surface area contributed by atoms with E-state index in [1.165, 1.54) is 37.7 Å². The van der Waals surface area contributed by atoms with Crippen molar-refractivity contribution in [1.29, 1.82) is 0 Å². The molecule has 2 aliphatic rings. The van der Waals surface area contributed by atoms with E-state index < -0.39 is 0 Å². The Bertz CT molecular complexity index is 488. The number of benzene rings is 1. The van der Waals surface area contributed by atoms with Crippen molar-refractivity contribution in [3.8, 4) is 11.5 Å². The van der Waals surface area contributed by atoms with Crippen molar-refractivity contribution < 1.29 is 9.47 Å². The largest absolute Gasteiger partial charge is 0.493 e. The summed E-state index contributed by atoms with van der Waals surface area (Å²) >= 11 is 0. The normalized spacial score (nSPS) is 28.6. The fourth-order valence-electron chi connectivity index (χ4n) is 4.55. The summed E-state index contributed by atoms with van der Waals surface area (Å²) < 4.78 is 11.0. The molecule has 4 atom stereocenters. The van der Waals surface area contributed by atoms with Crippen molar-refractivity contribution >= 4 is 0 Å². The summed E-state index contributed by atoms with van der Waals surface area (Å²) in [7, 11) is 5.48. The zero-order valence-corrected chi connectivity index (χ0v) is 13.4. The fraction of sp³-hybridized carbons (Fsp3) is 0.667. The van der Waals surface area contributed by atoms with Gasteiger partial charge in [0.1, 0.15) is 0 Å². The molecule has 0 aliphatic heterocycles. The zero-order chi connectivity index (χ0) is 14.8. The first-order valence-corrected chi connectivity index (χ1v) is 8.15. The van der Waals surface area contributed by atoms with Gasteiger partial charge in [-0.25, -0.2) is 0 Å². The van der Waals surface area contributed by atoms with Crippen LogP contribution >= 0.6 is 0 Å². The van der Waals surface area contributed by atoms with Crippen molar-refractivity contribution in [2.75, 3.05) is 21.3 Å². The molecule has 3 heteroatoms. The van der Waals surface area contributed by atoms with Crippen molar-refractivity contribution in [3.05, 3.63) is 23.8 Å². The van der Waals surface area contributed by atoms with Gasteiger partial charge in [0.2, 0.25) is 0 Å². The summed E-state index contributed by atoms with van der Waals surface area (Å²) in [5.74, 6) is 4.54. The molecule has 0 radical (unpaired) electrons. The number of methoxy groups -OCH3 is 2. The molecular weight excluding hydrogens is 262 g/mol. The minimum absolute atomic E-state index is 0.347. The van der Waals surface area contributed by atoms with Gasteiger partial charge in [0.15, 0.2) is 11.5 Å². The summed E-state index contributed by atoms with van der Waals surface area (Å²) in [5.41, 5.74) is 1.22. The minimum Gasteiger partial charge on any atom is -0.493 e. The van der Waals surface area contributed by atoms with E-state index in [0.717, 1.165) is 29.3 Å². The van der Waals surface area contributed by atoms with Crippen LogP contribution in [0.3, 0.4) is 0 Å². The molecule has 116 valence electrons. The summed E-state index contributed by atoms with van der Waals surface area (Å²) in [6, 6.07) is 6.53. The Kier molecular flexibility index (Phi) is 4.39. The first-order valence-electron chi connectivity index (χ1n) is 8.15. The average molecular weight is 289 g/mol. The van der Waals surface area contributed by atoms with Gasteiger partial charge in [-0.1, -0.05) is 18.6 Å². The molecule has 0 saturated heterocycles. The Labute approximate surface area is 128 Å². The van der Waals surface area contributed by atoms with Crippen LogP contribution in [0.2, 0.25) is 0 Å². The van der Waals surface area contributed by atoms with Crippen LogP contribution in [0.1, 0.15) is 43.7 Å². The fourth-order valence-corrected chi connectivity index (χ4v) is 4.55. The maximum atomic E-state index is 5.61. The topological polar surface area (TPSA) is 30.5 Å². The molecule has 1 N–H and O–H groups in total. The Balaban J connectivity index is 1.80. The van der Waals surface area contributed by atoms with E-state index in [-0.39, 0.29) is 0 Å². The van der Waals surface area contributed by atoms with E-state index in [1.807, 2.05) is 6.07 Å². The molecule has 3 rings (SSSR count). The van der Waals surface area contributed by atoms with Gasteiger partial charge in [-0.2, -0.15) is 0 Å². The second kappa shape index (κ2) is 6.27. The molecule has 4 unspecified atom stereocenters. The Morgan fingerprint density at radius 3 is 2.62 bits per heavy atom. The molecule has 21 heavy (non-hydrogen) atoms. The molecular formula is C18H27NO2. The number of para-hydroxylation sites is 1. The van der Waals surface area contributed by atoms with E-state index >= 15 is 0 Å². The molecule has 1 aromatic rings. The highest BCUT2D eigenvalue weighted by Gasteiger charge is 2.40. The van der Waals surface area contributed by atoms with Crippen LogP contribution < -0.4 is 14.8 Å². The molecule has 2 aliphatic carbocycles. The van der Waals surface area contributed by atoms with E-state index in [2.05, 4.69) is 24.5 Å². The number of ether oxygens (including phenoxy) is 2. The number of rotatable bonds is 6. The maximum absolute atomic E-state index is 5.61. The third-order valence-electron chi connectivity index (χ3n) is 5.58. The van der Waals surface area contributed by atoms with Crippen LogP contribution in [0.15, 0.2) is 18.2 Å². The first-order chi connectivity index (χ1) is 10.3. The van der Waals surface area contributed by atoms with Crippen LogP contribution in [0.5, 0.6) is 11.5 Å².